The molecule has 5 nitrogen and oxygen atoms in total. The van der Waals surface area contributed by atoms with Crippen LogP contribution in [0.1, 0.15) is 34.8 Å². The molecule has 2 heterocycles. The maximum Gasteiger partial charge on any atom is 0.113 e. The number of nitrogens with zero attached hydrogens (tertiary/aromatic N) is 1. The summed E-state index contributed by atoms with van der Waals surface area (Å²) in [5.41, 5.74) is 6.41. The molecule has 43 heavy (non-hydrogen) atoms. The smallest absolute Gasteiger partial charge is 0.113 e. The van der Waals surface area contributed by atoms with Crippen molar-refractivity contribution in [1.29, 1.82) is 0 Å². The van der Waals surface area contributed by atoms with Crippen LogP contribution in [-0.4, -0.2) is 29.9 Å². The molecule has 0 bridgehead atoms. The lowest BCUT2D eigenvalue weighted by Crippen LogP contribution is -2.50. The van der Waals surface area contributed by atoms with Crippen LogP contribution in [0.3, 0.4) is 0 Å². The average molecular weight is 572 g/mol. The van der Waals surface area contributed by atoms with Gasteiger partial charge in [-0.25, -0.2) is 0 Å². The molecule has 4 aromatic carbocycles. The minimum atomic E-state index is -0.344. The summed E-state index contributed by atoms with van der Waals surface area (Å²) in [4.78, 5) is 4.64. The summed E-state index contributed by atoms with van der Waals surface area (Å²) in [6, 6.07) is 45.1. The Balaban J connectivity index is 1.29. The molecule has 218 valence electrons. The molecule has 1 saturated heterocycles. The van der Waals surface area contributed by atoms with Gasteiger partial charge >= 0.3 is 0 Å². The summed E-state index contributed by atoms with van der Waals surface area (Å²) in [5.74, 6) is 0. The fourth-order valence-electron chi connectivity index (χ4n) is 5.58. The first-order valence-corrected chi connectivity index (χ1v) is 14.9. The Hall–Kier alpha value is -4.13. The second-order valence-corrected chi connectivity index (χ2v) is 10.8. The van der Waals surface area contributed by atoms with Crippen molar-refractivity contribution >= 4 is 0 Å². The number of aromatic nitrogens is 1. The molecular weight excluding hydrogens is 534 g/mol. The molecule has 1 fully saturated rings. The van der Waals surface area contributed by atoms with Crippen LogP contribution in [-0.2, 0) is 38.8 Å². The highest BCUT2D eigenvalue weighted by Gasteiger charge is 2.41. The van der Waals surface area contributed by atoms with Gasteiger partial charge in [0.1, 0.15) is 12.2 Å². The molecule has 6 rings (SSSR count). The Kier molecular flexibility index (Phi) is 10.0. The molecule has 1 aliphatic heterocycles. The summed E-state index contributed by atoms with van der Waals surface area (Å²) in [7, 11) is 0. The van der Waals surface area contributed by atoms with Gasteiger partial charge in [0, 0.05) is 18.2 Å². The zero-order chi connectivity index (χ0) is 29.1. The zero-order valence-electron chi connectivity index (χ0n) is 24.2. The molecule has 1 aromatic heterocycles. The van der Waals surface area contributed by atoms with Gasteiger partial charge in [0.05, 0.1) is 44.3 Å². The van der Waals surface area contributed by atoms with Crippen LogP contribution in [0.25, 0.3) is 11.3 Å². The summed E-state index contributed by atoms with van der Waals surface area (Å²) >= 11 is 0. The molecule has 5 heteroatoms. The average Bonchev–Trinajstić information content (AvgIpc) is 3.08. The molecule has 0 amide bonds. The van der Waals surface area contributed by atoms with Crippen LogP contribution >= 0.6 is 0 Å². The maximum atomic E-state index is 6.90. The van der Waals surface area contributed by atoms with Gasteiger partial charge in [-0.3, -0.25) is 4.98 Å². The lowest BCUT2D eigenvalue weighted by atomic mass is 9.90. The number of hydrogen-bond acceptors (Lipinski definition) is 5. The van der Waals surface area contributed by atoms with E-state index in [0.29, 0.717) is 32.8 Å². The third-order valence-electron chi connectivity index (χ3n) is 7.75. The SMILES string of the molecule is c1ccc(COC[C@H]2O[C@@H](c3ccccc3-c3ccccn3)C[C@@H](OCc3ccccc3)[C@H]2OCc2ccccc2)cc1. The van der Waals surface area contributed by atoms with E-state index >= 15 is 0 Å². The van der Waals surface area contributed by atoms with E-state index in [0.717, 1.165) is 33.5 Å². The number of pyridine rings is 1. The first-order valence-electron chi connectivity index (χ1n) is 14.9. The Labute approximate surface area is 254 Å². The van der Waals surface area contributed by atoms with Crippen molar-refractivity contribution in [2.24, 2.45) is 0 Å². The van der Waals surface area contributed by atoms with Gasteiger partial charge < -0.3 is 18.9 Å². The molecule has 0 saturated carbocycles. The first-order chi connectivity index (χ1) is 21.3. The second-order valence-electron chi connectivity index (χ2n) is 10.8. The van der Waals surface area contributed by atoms with Gasteiger partial charge in [0.15, 0.2) is 0 Å². The maximum absolute atomic E-state index is 6.90. The fraction of sp³-hybridized carbons (Fsp3) is 0.237. The summed E-state index contributed by atoms with van der Waals surface area (Å²) < 4.78 is 26.5. The third kappa shape index (κ3) is 7.83. The normalized spacial score (nSPS) is 20.1. The molecule has 4 atom stereocenters. The minimum absolute atomic E-state index is 0.218. The lowest BCUT2D eigenvalue weighted by Gasteiger charge is -2.42. The predicted octanol–water partition coefficient (Wildman–Crippen LogP) is 7.97. The Morgan fingerprint density at radius 2 is 1.19 bits per heavy atom. The van der Waals surface area contributed by atoms with E-state index in [9.17, 15) is 0 Å². The van der Waals surface area contributed by atoms with Crippen molar-refractivity contribution in [1.82, 2.24) is 4.98 Å². The zero-order valence-corrected chi connectivity index (χ0v) is 24.2. The van der Waals surface area contributed by atoms with E-state index in [-0.39, 0.29) is 24.4 Å². The van der Waals surface area contributed by atoms with Crippen LogP contribution in [0.4, 0.5) is 0 Å². The number of hydrogen-bond donors (Lipinski definition) is 0. The van der Waals surface area contributed by atoms with Crippen molar-refractivity contribution < 1.29 is 18.9 Å². The van der Waals surface area contributed by atoms with Gasteiger partial charge in [-0.2, -0.15) is 0 Å². The highest BCUT2D eigenvalue weighted by Crippen LogP contribution is 2.39. The molecule has 0 unspecified atom stereocenters. The largest absolute Gasteiger partial charge is 0.374 e. The van der Waals surface area contributed by atoms with E-state index < -0.39 is 0 Å². The molecule has 0 spiro atoms. The van der Waals surface area contributed by atoms with E-state index in [1.165, 1.54) is 0 Å². The topological polar surface area (TPSA) is 49.8 Å². The lowest BCUT2D eigenvalue weighted by molar-refractivity contribution is -0.222. The quantitative estimate of drug-likeness (QED) is 0.152. The van der Waals surface area contributed by atoms with Crippen LogP contribution in [0.15, 0.2) is 140 Å². The summed E-state index contributed by atoms with van der Waals surface area (Å²) in [6.45, 7) is 1.83. The van der Waals surface area contributed by atoms with Gasteiger partial charge in [0.2, 0.25) is 0 Å². The number of rotatable bonds is 12. The first kappa shape index (κ1) is 29.0. The molecular formula is C38H37NO4. The standard InChI is InChI=1S/C38H37NO4/c1-4-14-29(15-5-1)25-40-28-37-38(42-27-31-18-8-3-9-19-31)36(41-26-30-16-6-2-7-17-30)24-35(43-37)33-21-11-10-20-32(33)34-22-12-13-23-39-34/h1-23,35-38H,24-28H2/t35-,36-,37-,38-/m1/s1. The molecule has 0 aliphatic carbocycles. The molecule has 1 aliphatic rings. The van der Waals surface area contributed by atoms with Gasteiger partial charge in [0.25, 0.3) is 0 Å². The van der Waals surface area contributed by atoms with E-state index in [1.807, 2.05) is 85.1 Å². The predicted molar refractivity (Wildman–Crippen MR) is 168 cm³/mol. The summed E-state index contributed by atoms with van der Waals surface area (Å²) in [6.07, 6.45) is 1.37. The van der Waals surface area contributed by atoms with Gasteiger partial charge in [-0.1, -0.05) is 121 Å². The molecule has 5 aromatic rings. The van der Waals surface area contributed by atoms with Crippen LogP contribution in [0.2, 0.25) is 0 Å². The third-order valence-corrected chi connectivity index (χ3v) is 7.75. The second kappa shape index (κ2) is 14.9. The van der Waals surface area contributed by atoms with Crippen molar-refractivity contribution in [3.05, 3.63) is 162 Å². The van der Waals surface area contributed by atoms with E-state index in [4.69, 9.17) is 18.9 Å². The van der Waals surface area contributed by atoms with E-state index in [1.54, 1.807) is 0 Å². The van der Waals surface area contributed by atoms with Crippen molar-refractivity contribution in [3.8, 4) is 11.3 Å². The highest BCUT2D eigenvalue weighted by atomic mass is 16.6. The Morgan fingerprint density at radius 1 is 0.605 bits per heavy atom. The summed E-state index contributed by atoms with van der Waals surface area (Å²) in [5, 5.41) is 0. The Bertz CT molecular complexity index is 1520. The molecule has 0 radical (unpaired) electrons. The van der Waals surface area contributed by atoms with Crippen LogP contribution in [0, 0.1) is 0 Å². The van der Waals surface area contributed by atoms with Gasteiger partial charge in [-0.15, -0.1) is 0 Å². The minimum Gasteiger partial charge on any atom is -0.374 e. The van der Waals surface area contributed by atoms with Gasteiger partial charge in [-0.05, 0) is 34.4 Å². The number of benzene rings is 4. The fourth-order valence-corrected chi connectivity index (χ4v) is 5.58. The van der Waals surface area contributed by atoms with E-state index in [2.05, 4.69) is 59.6 Å². The van der Waals surface area contributed by atoms with Crippen molar-refractivity contribution in [3.63, 3.8) is 0 Å². The van der Waals surface area contributed by atoms with Crippen molar-refractivity contribution in [2.75, 3.05) is 6.61 Å². The monoisotopic (exact) mass is 571 g/mol. The van der Waals surface area contributed by atoms with Crippen LogP contribution < -0.4 is 0 Å². The Morgan fingerprint density at radius 3 is 1.84 bits per heavy atom. The molecule has 0 N–H and O–H groups in total. The van der Waals surface area contributed by atoms with Crippen molar-refractivity contribution in [2.45, 2.75) is 50.7 Å². The number of ether oxygens (including phenoxy) is 4. The highest BCUT2D eigenvalue weighted by molar-refractivity contribution is 5.64. The van der Waals surface area contributed by atoms with Crippen LogP contribution in [0.5, 0.6) is 0 Å².